The second-order valence-corrected chi connectivity index (χ2v) is 5.57. The quantitative estimate of drug-likeness (QED) is 0.937. The number of hydrogen-bond donors (Lipinski definition) is 1. The highest BCUT2D eigenvalue weighted by Gasteiger charge is 2.26. The fourth-order valence-electron chi connectivity index (χ4n) is 2.34. The van der Waals surface area contributed by atoms with Crippen molar-refractivity contribution in [3.05, 3.63) is 65.5 Å². The van der Waals surface area contributed by atoms with Gasteiger partial charge in [-0.3, -0.25) is 4.98 Å². The van der Waals surface area contributed by atoms with E-state index in [1.54, 1.807) is 31.6 Å². The summed E-state index contributed by atoms with van der Waals surface area (Å²) in [6.07, 6.45) is 3.16. The van der Waals surface area contributed by atoms with Crippen molar-refractivity contribution >= 4 is 6.03 Å². The maximum atomic E-state index is 14.3. The number of hydrogen-bond acceptors (Lipinski definition) is 2. The van der Waals surface area contributed by atoms with Gasteiger partial charge in [0.15, 0.2) is 0 Å². The Labute approximate surface area is 134 Å². The fourth-order valence-corrected chi connectivity index (χ4v) is 2.34. The Morgan fingerprint density at radius 1 is 1.26 bits per heavy atom. The van der Waals surface area contributed by atoms with Crippen molar-refractivity contribution in [3.63, 3.8) is 0 Å². The molecule has 6 heteroatoms. The molecule has 0 saturated carbocycles. The van der Waals surface area contributed by atoms with Crippen molar-refractivity contribution < 1.29 is 13.6 Å². The standard InChI is InChI=1S/C17H19F2N3O/c1-11(2)21-17(23)22(3)16(12-5-4-8-20-10-12)14-7-6-13(18)9-15(14)19/h4-11,16H,1-3H3,(H,21,23)/t16-/m0/s1. The van der Waals surface area contributed by atoms with Crippen LogP contribution in [0.3, 0.4) is 0 Å². The molecule has 1 N–H and O–H groups in total. The molecule has 122 valence electrons. The van der Waals surface area contributed by atoms with Gasteiger partial charge in [-0.1, -0.05) is 12.1 Å². The lowest BCUT2D eigenvalue weighted by atomic mass is 9.98. The van der Waals surface area contributed by atoms with E-state index in [0.29, 0.717) is 5.56 Å². The Balaban J connectivity index is 2.46. The molecule has 23 heavy (non-hydrogen) atoms. The first-order valence-corrected chi connectivity index (χ1v) is 7.28. The van der Waals surface area contributed by atoms with Gasteiger partial charge in [-0.15, -0.1) is 0 Å². The molecule has 0 aliphatic rings. The molecule has 1 heterocycles. The lowest BCUT2D eigenvalue weighted by molar-refractivity contribution is 0.195. The minimum absolute atomic E-state index is 0.0578. The zero-order valence-corrected chi connectivity index (χ0v) is 13.3. The van der Waals surface area contributed by atoms with Gasteiger partial charge in [0.1, 0.15) is 11.6 Å². The van der Waals surface area contributed by atoms with Crippen LogP contribution in [0.1, 0.15) is 31.0 Å². The number of pyridine rings is 1. The van der Waals surface area contributed by atoms with E-state index in [-0.39, 0.29) is 17.6 Å². The van der Waals surface area contributed by atoms with E-state index in [0.717, 1.165) is 6.07 Å². The molecule has 0 spiro atoms. The third-order valence-electron chi connectivity index (χ3n) is 3.38. The van der Waals surface area contributed by atoms with Crippen LogP contribution in [0.5, 0.6) is 0 Å². The van der Waals surface area contributed by atoms with Crippen LogP contribution in [0, 0.1) is 11.6 Å². The summed E-state index contributed by atoms with van der Waals surface area (Å²) in [5.41, 5.74) is 0.847. The predicted octanol–water partition coefficient (Wildman–Crippen LogP) is 3.50. The van der Waals surface area contributed by atoms with Crippen molar-refractivity contribution in [2.24, 2.45) is 0 Å². The average molecular weight is 319 g/mol. The smallest absolute Gasteiger partial charge is 0.318 e. The SMILES string of the molecule is CC(C)NC(=O)N(C)[C@@H](c1cccnc1)c1ccc(F)cc1F. The molecule has 0 unspecified atom stereocenters. The van der Waals surface area contributed by atoms with Gasteiger partial charge in [0.2, 0.25) is 0 Å². The number of halogens is 2. The van der Waals surface area contributed by atoms with E-state index in [9.17, 15) is 13.6 Å². The van der Waals surface area contributed by atoms with E-state index >= 15 is 0 Å². The van der Waals surface area contributed by atoms with Crippen molar-refractivity contribution in [1.29, 1.82) is 0 Å². The van der Waals surface area contributed by atoms with Gasteiger partial charge in [-0.2, -0.15) is 0 Å². The maximum absolute atomic E-state index is 14.3. The molecule has 0 radical (unpaired) electrons. The van der Waals surface area contributed by atoms with Crippen LogP contribution in [0.15, 0.2) is 42.7 Å². The highest BCUT2D eigenvalue weighted by atomic mass is 19.1. The minimum atomic E-state index is -0.706. The van der Waals surface area contributed by atoms with Crippen molar-refractivity contribution in [2.45, 2.75) is 25.9 Å². The van der Waals surface area contributed by atoms with Gasteiger partial charge in [0, 0.05) is 37.1 Å². The average Bonchev–Trinajstić information content (AvgIpc) is 2.50. The number of carbonyl (C=O) groups excluding carboxylic acids is 1. The minimum Gasteiger partial charge on any atom is -0.336 e. The molecular formula is C17H19F2N3O. The molecule has 0 saturated heterocycles. The van der Waals surface area contributed by atoms with Crippen LogP contribution in [0.4, 0.5) is 13.6 Å². The Bertz CT molecular complexity index is 677. The zero-order chi connectivity index (χ0) is 17.0. The topological polar surface area (TPSA) is 45.2 Å². The summed E-state index contributed by atoms with van der Waals surface area (Å²) in [5, 5.41) is 2.76. The highest BCUT2D eigenvalue weighted by molar-refractivity contribution is 5.75. The van der Waals surface area contributed by atoms with Crippen LogP contribution in [0.2, 0.25) is 0 Å². The number of urea groups is 1. The molecule has 2 amide bonds. The van der Waals surface area contributed by atoms with Crippen LogP contribution < -0.4 is 5.32 Å². The first-order chi connectivity index (χ1) is 10.9. The number of amides is 2. The lowest BCUT2D eigenvalue weighted by Gasteiger charge is -2.30. The van der Waals surface area contributed by atoms with Gasteiger partial charge in [-0.05, 0) is 31.5 Å². The Morgan fingerprint density at radius 2 is 2.00 bits per heavy atom. The predicted molar refractivity (Wildman–Crippen MR) is 83.9 cm³/mol. The third-order valence-corrected chi connectivity index (χ3v) is 3.38. The molecule has 1 aromatic carbocycles. The molecular weight excluding hydrogens is 300 g/mol. The summed E-state index contributed by atoms with van der Waals surface area (Å²) in [7, 11) is 1.57. The van der Waals surface area contributed by atoms with Gasteiger partial charge in [0.25, 0.3) is 0 Å². The largest absolute Gasteiger partial charge is 0.336 e. The van der Waals surface area contributed by atoms with Gasteiger partial charge in [0.05, 0.1) is 6.04 Å². The number of nitrogens with zero attached hydrogens (tertiary/aromatic N) is 2. The zero-order valence-electron chi connectivity index (χ0n) is 13.3. The number of benzene rings is 1. The maximum Gasteiger partial charge on any atom is 0.318 e. The molecule has 0 bridgehead atoms. The first kappa shape index (κ1) is 16.9. The summed E-state index contributed by atoms with van der Waals surface area (Å²) in [4.78, 5) is 17.7. The molecule has 2 rings (SSSR count). The monoisotopic (exact) mass is 319 g/mol. The Morgan fingerprint density at radius 3 is 2.57 bits per heavy atom. The third kappa shape index (κ3) is 4.03. The molecule has 0 fully saturated rings. The number of aromatic nitrogens is 1. The Hall–Kier alpha value is -2.50. The molecule has 0 aliphatic carbocycles. The van der Waals surface area contributed by atoms with Crippen molar-refractivity contribution in [2.75, 3.05) is 7.05 Å². The summed E-state index contributed by atoms with van der Waals surface area (Å²) >= 11 is 0. The number of nitrogens with one attached hydrogen (secondary N) is 1. The second-order valence-electron chi connectivity index (χ2n) is 5.57. The van der Waals surface area contributed by atoms with Crippen molar-refractivity contribution in [3.8, 4) is 0 Å². The fraction of sp³-hybridized carbons (Fsp3) is 0.294. The summed E-state index contributed by atoms with van der Waals surface area (Å²) in [6, 6.07) is 5.68. The summed E-state index contributed by atoms with van der Waals surface area (Å²) < 4.78 is 27.5. The number of rotatable bonds is 4. The molecule has 1 atom stereocenters. The van der Waals surface area contributed by atoms with E-state index in [2.05, 4.69) is 10.3 Å². The molecule has 1 aromatic heterocycles. The van der Waals surface area contributed by atoms with Gasteiger partial charge in [-0.25, -0.2) is 13.6 Å². The molecule has 2 aromatic rings. The Kier molecular flexibility index (Phi) is 5.26. The van der Waals surface area contributed by atoms with E-state index in [1.807, 2.05) is 13.8 Å². The highest BCUT2D eigenvalue weighted by Crippen LogP contribution is 2.29. The van der Waals surface area contributed by atoms with Crippen LogP contribution >= 0.6 is 0 Å². The normalized spacial score (nSPS) is 12.1. The van der Waals surface area contributed by atoms with E-state index in [1.165, 1.54) is 17.0 Å². The summed E-state index contributed by atoms with van der Waals surface area (Å²) in [6.45, 7) is 3.67. The van der Waals surface area contributed by atoms with Gasteiger partial charge < -0.3 is 10.2 Å². The van der Waals surface area contributed by atoms with Gasteiger partial charge >= 0.3 is 6.03 Å². The van der Waals surface area contributed by atoms with E-state index in [4.69, 9.17) is 0 Å². The second kappa shape index (κ2) is 7.17. The van der Waals surface area contributed by atoms with Crippen LogP contribution in [-0.4, -0.2) is 29.0 Å². The van der Waals surface area contributed by atoms with E-state index < -0.39 is 17.7 Å². The van der Waals surface area contributed by atoms with Crippen molar-refractivity contribution in [1.82, 2.24) is 15.2 Å². The summed E-state index contributed by atoms with van der Waals surface area (Å²) in [5.74, 6) is -1.37. The van der Waals surface area contributed by atoms with Crippen LogP contribution in [0.25, 0.3) is 0 Å². The molecule has 4 nitrogen and oxygen atoms in total. The molecule has 0 aliphatic heterocycles. The number of carbonyl (C=O) groups is 1. The van der Waals surface area contributed by atoms with Crippen LogP contribution in [-0.2, 0) is 0 Å². The first-order valence-electron chi connectivity index (χ1n) is 7.28. The lowest BCUT2D eigenvalue weighted by Crippen LogP contribution is -2.43.